The zero-order chi connectivity index (χ0) is 16.7. The third kappa shape index (κ3) is 3.22. The van der Waals surface area contributed by atoms with Gasteiger partial charge in [0.15, 0.2) is 0 Å². The van der Waals surface area contributed by atoms with Gasteiger partial charge in [0.05, 0.1) is 6.04 Å². The lowest BCUT2D eigenvalue weighted by molar-refractivity contribution is 0.248. The summed E-state index contributed by atoms with van der Waals surface area (Å²) in [5.74, 6) is 0.737. The van der Waals surface area contributed by atoms with Crippen LogP contribution in [-0.2, 0) is 15.4 Å². The summed E-state index contributed by atoms with van der Waals surface area (Å²) in [7, 11) is -3.48. The van der Waals surface area contributed by atoms with Crippen LogP contribution in [0.2, 0.25) is 0 Å². The van der Waals surface area contributed by atoms with E-state index in [9.17, 15) is 8.42 Å². The fourth-order valence-corrected chi connectivity index (χ4v) is 6.06. The standard InChI is InChI=1S/C16H23N3O2S2/c1-16(2,3)13-7-8-14(22-13)23(20,21)19-11-5-4-6-12(19)15-17-9-10-18-15/h7-10,12H,4-6,11H2,1-3H3,(H,17,18). The van der Waals surface area contributed by atoms with E-state index in [0.717, 1.165) is 30.0 Å². The zero-order valence-electron chi connectivity index (χ0n) is 13.7. The molecule has 0 bridgehead atoms. The van der Waals surface area contributed by atoms with Gasteiger partial charge in [0.1, 0.15) is 10.0 Å². The van der Waals surface area contributed by atoms with E-state index in [2.05, 4.69) is 30.7 Å². The number of nitrogens with zero attached hydrogens (tertiary/aromatic N) is 2. The lowest BCUT2D eigenvalue weighted by Gasteiger charge is -2.33. The predicted molar refractivity (Wildman–Crippen MR) is 92.1 cm³/mol. The van der Waals surface area contributed by atoms with E-state index >= 15 is 0 Å². The van der Waals surface area contributed by atoms with Gasteiger partial charge in [0, 0.05) is 23.8 Å². The molecule has 0 aliphatic carbocycles. The molecule has 0 aromatic carbocycles. The summed E-state index contributed by atoms with van der Waals surface area (Å²) in [4.78, 5) is 8.45. The normalized spacial score (nSPS) is 20.7. The largest absolute Gasteiger partial charge is 0.347 e. The molecule has 1 fully saturated rings. The molecule has 1 atom stereocenters. The van der Waals surface area contributed by atoms with Gasteiger partial charge >= 0.3 is 0 Å². The number of H-pyrrole nitrogens is 1. The minimum absolute atomic E-state index is 0.0409. The van der Waals surface area contributed by atoms with Gasteiger partial charge in [0.2, 0.25) is 0 Å². The summed E-state index contributed by atoms with van der Waals surface area (Å²) in [5, 5.41) is 0. The quantitative estimate of drug-likeness (QED) is 0.915. The van der Waals surface area contributed by atoms with Crippen molar-refractivity contribution in [1.29, 1.82) is 0 Å². The third-order valence-corrected chi connectivity index (χ3v) is 8.06. The zero-order valence-corrected chi connectivity index (χ0v) is 15.4. The van der Waals surface area contributed by atoms with Crippen LogP contribution in [0.5, 0.6) is 0 Å². The first-order chi connectivity index (χ1) is 10.8. The smallest absolute Gasteiger partial charge is 0.253 e. The van der Waals surface area contributed by atoms with E-state index in [4.69, 9.17) is 0 Å². The molecule has 1 saturated heterocycles. The van der Waals surface area contributed by atoms with Crippen LogP contribution in [0.3, 0.4) is 0 Å². The molecule has 1 aliphatic heterocycles. The minimum Gasteiger partial charge on any atom is -0.347 e. The molecule has 5 nitrogen and oxygen atoms in total. The summed E-state index contributed by atoms with van der Waals surface area (Å²) in [5.41, 5.74) is -0.0409. The molecule has 0 radical (unpaired) electrons. The maximum Gasteiger partial charge on any atom is 0.253 e. The maximum absolute atomic E-state index is 13.1. The number of aromatic nitrogens is 2. The van der Waals surface area contributed by atoms with Gasteiger partial charge in [-0.25, -0.2) is 13.4 Å². The molecule has 1 unspecified atom stereocenters. The molecule has 23 heavy (non-hydrogen) atoms. The Morgan fingerprint density at radius 3 is 2.70 bits per heavy atom. The Balaban J connectivity index is 1.95. The summed E-state index contributed by atoms with van der Waals surface area (Å²) in [6.45, 7) is 6.85. The van der Waals surface area contributed by atoms with Crippen LogP contribution in [0.1, 0.15) is 56.8 Å². The van der Waals surface area contributed by atoms with Gasteiger partial charge in [-0.3, -0.25) is 0 Å². The van der Waals surface area contributed by atoms with E-state index in [1.807, 2.05) is 6.07 Å². The first kappa shape index (κ1) is 16.7. The number of thiophene rings is 1. The molecule has 2 aromatic heterocycles. The van der Waals surface area contributed by atoms with Crippen LogP contribution in [0, 0.1) is 0 Å². The van der Waals surface area contributed by atoms with Crippen LogP contribution >= 0.6 is 11.3 Å². The topological polar surface area (TPSA) is 66.1 Å². The Morgan fingerprint density at radius 2 is 2.09 bits per heavy atom. The number of rotatable bonds is 3. The van der Waals surface area contributed by atoms with E-state index in [1.54, 1.807) is 22.8 Å². The van der Waals surface area contributed by atoms with Gasteiger partial charge in [-0.15, -0.1) is 11.3 Å². The molecule has 0 amide bonds. The summed E-state index contributed by atoms with van der Waals surface area (Å²) < 4.78 is 28.3. The molecule has 126 valence electrons. The van der Waals surface area contributed by atoms with Gasteiger partial charge in [-0.1, -0.05) is 27.2 Å². The average Bonchev–Trinajstić information content (AvgIpc) is 3.18. The Bertz CT molecular complexity index is 758. The van der Waals surface area contributed by atoms with Gasteiger partial charge < -0.3 is 4.98 Å². The fourth-order valence-electron chi connectivity index (χ4n) is 2.90. The second-order valence-electron chi connectivity index (χ2n) is 6.97. The van der Waals surface area contributed by atoms with Crippen LogP contribution in [0.15, 0.2) is 28.7 Å². The van der Waals surface area contributed by atoms with Gasteiger partial charge in [-0.05, 0) is 30.4 Å². The van der Waals surface area contributed by atoms with Crippen molar-refractivity contribution in [2.75, 3.05) is 6.54 Å². The Hall–Kier alpha value is -1.18. The van der Waals surface area contributed by atoms with E-state index in [0.29, 0.717) is 10.8 Å². The lowest BCUT2D eigenvalue weighted by atomic mass is 9.95. The Kier molecular flexibility index (Phi) is 4.37. The molecular formula is C16H23N3O2S2. The van der Waals surface area contributed by atoms with Crippen molar-refractivity contribution in [3.8, 4) is 0 Å². The van der Waals surface area contributed by atoms with Crippen LogP contribution in [0.25, 0.3) is 0 Å². The van der Waals surface area contributed by atoms with E-state index in [1.165, 1.54) is 11.3 Å². The molecular weight excluding hydrogens is 330 g/mol. The summed E-state index contributed by atoms with van der Waals surface area (Å²) >= 11 is 1.38. The third-order valence-electron chi connectivity index (χ3n) is 4.17. The average molecular weight is 354 g/mol. The van der Waals surface area contributed by atoms with Crippen molar-refractivity contribution >= 4 is 21.4 Å². The number of hydrogen-bond donors (Lipinski definition) is 1. The molecule has 2 aromatic rings. The monoisotopic (exact) mass is 353 g/mol. The number of sulfonamides is 1. The number of aromatic amines is 1. The van der Waals surface area contributed by atoms with Crippen molar-refractivity contribution < 1.29 is 8.42 Å². The number of hydrogen-bond acceptors (Lipinski definition) is 4. The highest BCUT2D eigenvalue weighted by Crippen LogP contribution is 2.38. The highest BCUT2D eigenvalue weighted by molar-refractivity contribution is 7.91. The van der Waals surface area contributed by atoms with Gasteiger partial charge in [0.25, 0.3) is 10.0 Å². The number of nitrogens with one attached hydrogen (secondary N) is 1. The van der Waals surface area contributed by atoms with E-state index in [-0.39, 0.29) is 11.5 Å². The Morgan fingerprint density at radius 1 is 1.30 bits per heavy atom. The summed E-state index contributed by atoms with van der Waals surface area (Å²) in [6, 6.07) is 3.49. The molecule has 1 aliphatic rings. The second-order valence-corrected chi connectivity index (χ2v) is 10.2. The molecule has 0 saturated carbocycles. The first-order valence-electron chi connectivity index (χ1n) is 7.91. The van der Waals surface area contributed by atoms with Crippen molar-refractivity contribution in [1.82, 2.24) is 14.3 Å². The molecule has 1 N–H and O–H groups in total. The highest BCUT2D eigenvalue weighted by atomic mass is 32.2. The van der Waals surface area contributed by atoms with Crippen molar-refractivity contribution in [3.05, 3.63) is 35.2 Å². The van der Waals surface area contributed by atoms with Crippen LogP contribution < -0.4 is 0 Å². The van der Waals surface area contributed by atoms with Crippen LogP contribution in [-0.4, -0.2) is 29.2 Å². The molecule has 0 spiro atoms. The maximum atomic E-state index is 13.1. The van der Waals surface area contributed by atoms with Crippen molar-refractivity contribution in [2.24, 2.45) is 0 Å². The molecule has 3 rings (SSSR count). The van der Waals surface area contributed by atoms with Crippen molar-refractivity contribution in [2.45, 2.75) is 55.7 Å². The van der Waals surface area contributed by atoms with Gasteiger partial charge in [-0.2, -0.15) is 4.31 Å². The highest BCUT2D eigenvalue weighted by Gasteiger charge is 2.36. The number of imidazole rings is 1. The second kappa shape index (κ2) is 6.03. The SMILES string of the molecule is CC(C)(C)c1ccc(S(=O)(=O)N2CCCCC2c2ncc[nH]2)s1. The minimum atomic E-state index is -3.48. The summed E-state index contributed by atoms with van der Waals surface area (Å²) in [6.07, 6.45) is 6.16. The molecule has 3 heterocycles. The predicted octanol–water partition coefficient (Wildman–Crippen LogP) is 3.68. The lowest BCUT2D eigenvalue weighted by Crippen LogP contribution is -2.38. The van der Waals surface area contributed by atoms with Crippen molar-refractivity contribution in [3.63, 3.8) is 0 Å². The molecule has 7 heteroatoms. The first-order valence-corrected chi connectivity index (χ1v) is 10.2. The fraction of sp³-hybridized carbons (Fsp3) is 0.562. The van der Waals surface area contributed by atoms with Crippen LogP contribution in [0.4, 0.5) is 0 Å². The Labute approximate surface area is 141 Å². The number of piperidine rings is 1. The van der Waals surface area contributed by atoms with E-state index < -0.39 is 10.0 Å².